The summed E-state index contributed by atoms with van der Waals surface area (Å²) in [6.45, 7) is 2.16. The lowest BCUT2D eigenvalue weighted by atomic mass is 9.68. The Morgan fingerprint density at radius 2 is 1.84 bits per heavy atom. The average Bonchev–Trinajstić information content (AvgIpc) is 2.59. The molecule has 138 valence electrons. The van der Waals surface area contributed by atoms with Gasteiger partial charge in [0.1, 0.15) is 0 Å². The standard InChI is InChI=1S/C19H26BrNO3S/c20-16-7-9-18(10-8-16)25(22,23)24-19-11-3-1-5-15(19)14-21-12-4-2-6-17(21)13-19/h7-10,15,17H,1-6,11-14H2/t15-,17+,19-/m0/s1. The van der Waals surface area contributed by atoms with Crippen molar-refractivity contribution < 1.29 is 12.6 Å². The molecule has 0 unspecified atom stereocenters. The highest BCUT2D eigenvalue weighted by atomic mass is 79.9. The van der Waals surface area contributed by atoms with Crippen molar-refractivity contribution in [3.05, 3.63) is 28.7 Å². The molecule has 0 spiro atoms. The van der Waals surface area contributed by atoms with Gasteiger partial charge in [-0.1, -0.05) is 35.2 Å². The van der Waals surface area contributed by atoms with Gasteiger partial charge in [-0.05, 0) is 62.9 Å². The van der Waals surface area contributed by atoms with Crippen LogP contribution in [0.1, 0.15) is 51.4 Å². The van der Waals surface area contributed by atoms with Crippen molar-refractivity contribution in [2.75, 3.05) is 13.1 Å². The third-order valence-electron chi connectivity index (χ3n) is 6.31. The Kier molecular flexibility index (Phi) is 4.99. The monoisotopic (exact) mass is 427 g/mol. The number of hydrogen-bond acceptors (Lipinski definition) is 4. The Morgan fingerprint density at radius 3 is 2.64 bits per heavy atom. The Bertz CT molecular complexity index is 721. The SMILES string of the molecule is O=S(=O)(O[C@]12CCCC[C@H]1CN1CCCC[C@@H]1C2)c1ccc(Br)cc1. The normalized spacial score (nSPS) is 33.5. The lowest BCUT2D eigenvalue weighted by Gasteiger charge is -2.54. The fourth-order valence-electron chi connectivity index (χ4n) is 5.03. The quantitative estimate of drug-likeness (QED) is 0.672. The van der Waals surface area contributed by atoms with E-state index in [1.807, 2.05) is 0 Å². The molecule has 1 aliphatic carbocycles. The van der Waals surface area contributed by atoms with E-state index in [0.29, 0.717) is 12.0 Å². The lowest BCUT2D eigenvalue weighted by molar-refractivity contribution is -0.101. The third kappa shape index (κ3) is 3.55. The van der Waals surface area contributed by atoms with Crippen LogP contribution in [0, 0.1) is 5.92 Å². The van der Waals surface area contributed by atoms with Crippen molar-refractivity contribution in [2.24, 2.45) is 5.92 Å². The summed E-state index contributed by atoms with van der Waals surface area (Å²) in [7, 11) is -3.73. The maximum absolute atomic E-state index is 13.0. The van der Waals surface area contributed by atoms with Crippen LogP contribution in [0.3, 0.4) is 0 Å². The summed E-state index contributed by atoms with van der Waals surface area (Å²) >= 11 is 3.36. The summed E-state index contributed by atoms with van der Waals surface area (Å²) in [5, 5.41) is 0. The summed E-state index contributed by atoms with van der Waals surface area (Å²) in [5.41, 5.74) is -0.497. The zero-order valence-electron chi connectivity index (χ0n) is 14.5. The van der Waals surface area contributed by atoms with Gasteiger partial charge in [0, 0.05) is 23.0 Å². The van der Waals surface area contributed by atoms with Crippen LogP contribution >= 0.6 is 15.9 Å². The van der Waals surface area contributed by atoms with E-state index in [1.165, 1.54) is 25.7 Å². The zero-order valence-corrected chi connectivity index (χ0v) is 16.9. The van der Waals surface area contributed by atoms with E-state index in [9.17, 15) is 8.42 Å². The van der Waals surface area contributed by atoms with E-state index in [1.54, 1.807) is 24.3 Å². The van der Waals surface area contributed by atoms with Gasteiger partial charge in [-0.3, -0.25) is 9.08 Å². The van der Waals surface area contributed by atoms with Crippen LogP contribution in [0.2, 0.25) is 0 Å². The van der Waals surface area contributed by atoms with Crippen LogP contribution in [-0.2, 0) is 14.3 Å². The van der Waals surface area contributed by atoms with Crippen LogP contribution < -0.4 is 0 Å². The number of fused-ring (bicyclic) bond motifs is 2. The van der Waals surface area contributed by atoms with Crippen LogP contribution in [0.25, 0.3) is 0 Å². The lowest BCUT2D eigenvalue weighted by Crippen LogP contribution is -2.60. The van der Waals surface area contributed by atoms with Crippen LogP contribution in [0.5, 0.6) is 0 Å². The molecule has 3 aliphatic rings. The number of nitrogens with zero attached hydrogens (tertiary/aromatic N) is 1. The van der Waals surface area contributed by atoms with Crippen LogP contribution in [-0.4, -0.2) is 38.1 Å². The second-order valence-corrected chi connectivity index (χ2v) is 10.3. The van der Waals surface area contributed by atoms with E-state index in [-0.39, 0.29) is 4.90 Å². The molecule has 2 saturated heterocycles. The number of rotatable bonds is 3. The Balaban J connectivity index is 1.62. The van der Waals surface area contributed by atoms with Crippen molar-refractivity contribution in [2.45, 2.75) is 67.9 Å². The van der Waals surface area contributed by atoms with Gasteiger partial charge in [0.2, 0.25) is 0 Å². The smallest absolute Gasteiger partial charge is 0.297 e. The van der Waals surface area contributed by atoms with Gasteiger partial charge < -0.3 is 0 Å². The highest BCUT2D eigenvalue weighted by Gasteiger charge is 2.51. The molecule has 0 amide bonds. The fraction of sp³-hybridized carbons (Fsp3) is 0.684. The summed E-state index contributed by atoms with van der Waals surface area (Å²) in [5.74, 6) is 0.334. The molecule has 2 aliphatic heterocycles. The van der Waals surface area contributed by atoms with Crippen LogP contribution in [0.4, 0.5) is 0 Å². The van der Waals surface area contributed by atoms with Gasteiger partial charge in [0.15, 0.2) is 0 Å². The minimum absolute atomic E-state index is 0.264. The minimum Gasteiger partial charge on any atom is -0.300 e. The first kappa shape index (κ1) is 18.0. The molecule has 6 heteroatoms. The molecular formula is C19H26BrNO3S. The molecule has 2 heterocycles. The van der Waals surface area contributed by atoms with E-state index in [4.69, 9.17) is 4.18 Å². The summed E-state index contributed by atoms with van der Waals surface area (Å²) in [6.07, 6.45) is 8.78. The van der Waals surface area contributed by atoms with E-state index >= 15 is 0 Å². The Morgan fingerprint density at radius 1 is 1.08 bits per heavy atom. The molecule has 1 aromatic rings. The third-order valence-corrected chi connectivity index (χ3v) is 8.24. The van der Waals surface area contributed by atoms with Crippen molar-refractivity contribution in [3.8, 4) is 0 Å². The predicted octanol–water partition coefficient (Wildman–Crippen LogP) is 4.34. The predicted molar refractivity (Wildman–Crippen MR) is 101 cm³/mol. The molecule has 3 atom stereocenters. The Hall–Kier alpha value is -0.430. The number of piperidine rings is 2. The van der Waals surface area contributed by atoms with Gasteiger partial charge in [0.25, 0.3) is 10.1 Å². The maximum Gasteiger partial charge on any atom is 0.297 e. The number of hydrogen-bond donors (Lipinski definition) is 0. The van der Waals surface area contributed by atoms with Crippen molar-refractivity contribution in [1.82, 2.24) is 4.90 Å². The van der Waals surface area contributed by atoms with Crippen molar-refractivity contribution in [3.63, 3.8) is 0 Å². The van der Waals surface area contributed by atoms with Gasteiger partial charge >= 0.3 is 0 Å². The second kappa shape index (κ2) is 6.95. The summed E-state index contributed by atoms with van der Waals surface area (Å²) in [6, 6.07) is 7.27. The topological polar surface area (TPSA) is 46.6 Å². The summed E-state index contributed by atoms with van der Waals surface area (Å²) < 4.78 is 32.9. The van der Waals surface area contributed by atoms with Gasteiger partial charge in [-0.25, -0.2) is 0 Å². The first-order chi connectivity index (χ1) is 12.0. The van der Waals surface area contributed by atoms with Gasteiger partial charge in [-0.15, -0.1) is 0 Å². The first-order valence-corrected chi connectivity index (χ1v) is 11.6. The summed E-state index contributed by atoms with van der Waals surface area (Å²) in [4.78, 5) is 2.85. The van der Waals surface area contributed by atoms with Gasteiger partial charge in [0.05, 0.1) is 10.5 Å². The molecule has 0 bridgehead atoms. The zero-order chi connectivity index (χ0) is 17.5. The molecular weight excluding hydrogens is 402 g/mol. The fourth-order valence-corrected chi connectivity index (χ4v) is 6.59. The van der Waals surface area contributed by atoms with E-state index < -0.39 is 15.7 Å². The van der Waals surface area contributed by atoms with Crippen molar-refractivity contribution in [1.29, 1.82) is 0 Å². The molecule has 1 saturated carbocycles. The van der Waals surface area contributed by atoms with Crippen LogP contribution in [0.15, 0.2) is 33.6 Å². The highest BCUT2D eigenvalue weighted by molar-refractivity contribution is 9.10. The van der Waals surface area contributed by atoms with Gasteiger partial charge in [-0.2, -0.15) is 8.42 Å². The molecule has 0 N–H and O–H groups in total. The molecule has 3 fully saturated rings. The molecule has 0 radical (unpaired) electrons. The highest BCUT2D eigenvalue weighted by Crippen LogP contribution is 2.47. The first-order valence-electron chi connectivity index (χ1n) is 9.44. The van der Waals surface area contributed by atoms with Crippen molar-refractivity contribution >= 4 is 26.0 Å². The van der Waals surface area contributed by atoms with E-state index in [2.05, 4.69) is 20.8 Å². The molecule has 4 rings (SSSR count). The molecule has 1 aromatic carbocycles. The molecule has 4 nitrogen and oxygen atoms in total. The largest absolute Gasteiger partial charge is 0.300 e. The molecule has 25 heavy (non-hydrogen) atoms. The second-order valence-electron chi connectivity index (χ2n) is 7.85. The van der Waals surface area contributed by atoms with E-state index in [0.717, 1.165) is 43.2 Å². The maximum atomic E-state index is 13.0. The molecule has 0 aromatic heterocycles. The number of benzene rings is 1. The Labute approximate surface area is 159 Å². The minimum atomic E-state index is -3.73. The number of halogens is 1. The average molecular weight is 428 g/mol.